The number of nitrogens with one attached hydrogen (secondary N) is 1. The summed E-state index contributed by atoms with van der Waals surface area (Å²) < 4.78 is 5.90. The first kappa shape index (κ1) is 21.2. The Morgan fingerprint density at radius 1 is 1.23 bits per heavy atom. The second kappa shape index (κ2) is 9.02. The predicted octanol–water partition coefficient (Wildman–Crippen LogP) is 4.24. The Bertz CT molecular complexity index is 897. The zero-order valence-electron chi connectivity index (χ0n) is 18.4. The number of rotatable bonds is 5. The number of nitrogens with zero attached hydrogens (tertiary/aromatic N) is 3. The normalized spacial score (nSPS) is 22.5. The third kappa shape index (κ3) is 4.67. The monoisotopic (exact) mass is 428 g/mol. The number of carbonyl (C=O) groups is 1. The van der Waals surface area contributed by atoms with Crippen LogP contribution in [0.4, 0.5) is 5.13 Å². The van der Waals surface area contributed by atoms with Gasteiger partial charge in [-0.05, 0) is 57.7 Å². The van der Waals surface area contributed by atoms with Crippen LogP contribution in [0.1, 0.15) is 56.5 Å². The van der Waals surface area contributed by atoms with Crippen LogP contribution in [0.5, 0.6) is 0 Å². The molecule has 2 aromatic heterocycles. The summed E-state index contributed by atoms with van der Waals surface area (Å²) >= 11 is 1.71. The standard InChI is InChI=1S/C23H32N4O2S/c1-14-10-24-15(2)9-19(14)21-20(11-25-22(28)18-7-5-6-8-18)26-23(30-21)27-12-16(3)29-17(4)13-27/h9-10,16-18H,5-8,11-13H2,1-4H3,(H,25,28)/t16-,17+. The van der Waals surface area contributed by atoms with Gasteiger partial charge < -0.3 is 15.0 Å². The fourth-order valence-corrected chi connectivity index (χ4v) is 5.70. The second-order valence-electron chi connectivity index (χ2n) is 8.77. The highest BCUT2D eigenvalue weighted by Gasteiger charge is 2.27. The van der Waals surface area contributed by atoms with Crippen LogP contribution in [0.15, 0.2) is 12.3 Å². The van der Waals surface area contributed by atoms with Crippen molar-refractivity contribution in [2.45, 2.75) is 72.1 Å². The molecule has 0 radical (unpaired) electrons. The van der Waals surface area contributed by atoms with E-state index in [-0.39, 0.29) is 24.0 Å². The first-order valence-electron chi connectivity index (χ1n) is 11.0. The third-order valence-corrected chi connectivity index (χ3v) is 7.21. The van der Waals surface area contributed by atoms with Gasteiger partial charge in [0.15, 0.2) is 5.13 Å². The van der Waals surface area contributed by atoms with E-state index in [2.05, 4.69) is 42.0 Å². The minimum Gasteiger partial charge on any atom is -0.372 e. The number of aromatic nitrogens is 2. The molecule has 2 fully saturated rings. The Morgan fingerprint density at radius 2 is 1.93 bits per heavy atom. The summed E-state index contributed by atoms with van der Waals surface area (Å²) in [6.45, 7) is 10.4. The molecule has 1 aliphatic heterocycles. The summed E-state index contributed by atoms with van der Waals surface area (Å²) in [5.74, 6) is 0.335. The molecule has 2 atom stereocenters. The number of morpholine rings is 1. The lowest BCUT2D eigenvalue weighted by atomic mass is 10.1. The van der Waals surface area contributed by atoms with Gasteiger partial charge in [-0.25, -0.2) is 4.98 Å². The molecule has 3 heterocycles. The molecule has 0 aromatic carbocycles. The Kier molecular flexibility index (Phi) is 6.39. The van der Waals surface area contributed by atoms with Crippen LogP contribution >= 0.6 is 11.3 Å². The molecule has 1 amide bonds. The SMILES string of the molecule is Cc1cc(-c2sc(N3C[C@@H](C)O[C@@H](C)C3)nc2CNC(=O)C2CCCC2)c(C)cn1. The van der Waals surface area contributed by atoms with E-state index in [1.807, 2.05) is 13.1 Å². The number of pyridine rings is 1. The Morgan fingerprint density at radius 3 is 2.63 bits per heavy atom. The van der Waals surface area contributed by atoms with Crippen molar-refractivity contribution in [3.63, 3.8) is 0 Å². The highest BCUT2D eigenvalue weighted by Crippen LogP contribution is 2.38. The van der Waals surface area contributed by atoms with Crippen molar-refractivity contribution >= 4 is 22.4 Å². The molecule has 7 heteroatoms. The van der Waals surface area contributed by atoms with Crippen molar-refractivity contribution in [3.8, 4) is 10.4 Å². The molecule has 1 N–H and O–H groups in total. The van der Waals surface area contributed by atoms with E-state index < -0.39 is 0 Å². The lowest BCUT2D eigenvalue weighted by Crippen LogP contribution is -2.45. The molecular weight excluding hydrogens is 396 g/mol. The Labute approximate surface area is 183 Å². The van der Waals surface area contributed by atoms with Gasteiger partial charge in [-0.3, -0.25) is 9.78 Å². The van der Waals surface area contributed by atoms with E-state index in [1.54, 1.807) is 11.3 Å². The highest BCUT2D eigenvalue weighted by atomic mass is 32.1. The van der Waals surface area contributed by atoms with Crippen LogP contribution in [-0.4, -0.2) is 41.2 Å². The lowest BCUT2D eigenvalue weighted by molar-refractivity contribution is -0.124. The van der Waals surface area contributed by atoms with E-state index >= 15 is 0 Å². The number of anilines is 1. The number of amides is 1. The van der Waals surface area contributed by atoms with Gasteiger partial charge in [-0.15, -0.1) is 0 Å². The average molecular weight is 429 g/mol. The van der Waals surface area contributed by atoms with E-state index in [9.17, 15) is 4.79 Å². The van der Waals surface area contributed by atoms with Crippen LogP contribution in [0, 0.1) is 19.8 Å². The van der Waals surface area contributed by atoms with Crippen molar-refractivity contribution < 1.29 is 9.53 Å². The van der Waals surface area contributed by atoms with Crippen molar-refractivity contribution in [2.24, 2.45) is 5.92 Å². The summed E-state index contributed by atoms with van der Waals surface area (Å²) in [6, 6.07) is 2.12. The molecule has 2 aliphatic rings. The van der Waals surface area contributed by atoms with Crippen LogP contribution in [-0.2, 0) is 16.1 Å². The summed E-state index contributed by atoms with van der Waals surface area (Å²) in [6.07, 6.45) is 6.61. The van der Waals surface area contributed by atoms with E-state index in [1.165, 1.54) is 0 Å². The number of hydrogen-bond donors (Lipinski definition) is 1. The van der Waals surface area contributed by atoms with Crippen molar-refractivity contribution in [1.82, 2.24) is 15.3 Å². The molecule has 0 unspecified atom stereocenters. The third-order valence-electron chi connectivity index (χ3n) is 6.02. The van der Waals surface area contributed by atoms with Gasteiger partial charge in [-0.1, -0.05) is 24.2 Å². The smallest absolute Gasteiger partial charge is 0.223 e. The highest BCUT2D eigenvalue weighted by molar-refractivity contribution is 7.19. The van der Waals surface area contributed by atoms with Crippen molar-refractivity contribution in [3.05, 3.63) is 29.2 Å². The average Bonchev–Trinajstić information content (AvgIpc) is 3.37. The van der Waals surface area contributed by atoms with Crippen LogP contribution in [0.2, 0.25) is 0 Å². The number of aryl methyl sites for hydroxylation is 2. The van der Waals surface area contributed by atoms with Crippen LogP contribution in [0.3, 0.4) is 0 Å². The zero-order chi connectivity index (χ0) is 21.3. The molecule has 6 nitrogen and oxygen atoms in total. The largest absolute Gasteiger partial charge is 0.372 e. The fraction of sp³-hybridized carbons (Fsp3) is 0.609. The van der Waals surface area contributed by atoms with Gasteiger partial charge >= 0.3 is 0 Å². The molecule has 0 bridgehead atoms. The summed E-state index contributed by atoms with van der Waals surface area (Å²) in [4.78, 5) is 25.5. The molecular formula is C23H32N4O2S. The topological polar surface area (TPSA) is 67.3 Å². The molecule has 2 aromatic rings. The van der Waals surface area contributed by atoms with E-state index in [0.717, 1.165) is 71.3 Å². The zero-order valence-corrected chi connectivity index (χ0v) is 19.2. The maximum atomic E-state index is 12.6. The molecule has 4 rings (SSSR count). The number of hydrogen-bond acceptors (Lipinski definition) is 6. The minimum atomic E-state index is 0.164. The fourth-order valence-electron chi connectivity index (χ4n) is 4.51. The maximum absolute atomic E-state index is 12.6. The quantitative estimate of drug-likeness (QED) is 0.771. The molecule has 162 valence electrons. The summed E-state index contributed by atoms with van der Waals surface area (Å²) in [5.41, 5.74) is 4.22. The number of thiazole rings is 1. The molecule has 0 spiro atoms. The number of carbonyl (C=O) groups excluding carboxylic acids is 1. The van der Waals surface area contributed by atoms with Gasteiger partial charge in [0.1, 0.15) is 0 Å². The predicted molar refractivity (Wildman–Crippen MR) is 121 cm³/mol. The Balaban J connectivity index is 1.63. The molecule has 1 aliphatic carbocycles. The van der Waals surface area contributed by atoms with Gasteiger partial charge in [0.25, 0.3) is 0 Å². The second-order valence-corrected chi connectivity index (χ2v) is 9.75. The maximum Gasteiger partial charge on any atom is 0.223 e. The van der Waals surface area contributed by atoms with Crippen LogP contribution < -0.4 is 10.2 Å². The molecule has 1 saturated heterocycles. The Hall–Kier alpha value is -1.99. The van der Waals surface area contributed by atoms with Crippen molar-refractivity contribution in [2.75, 3.05) is 18.0 Å². The first-order valence-corrected chi connectivity index (χ1v) is 11.8. The van der Waals surface area contributed by atoms with E-state index in [4.69, 9.17) is 9.72 Å². The molecule has 1 saturated carbocycles. The van der Waals surface area contributed by atoms with Crippen LogP contribution in [0.25, 0.3) is 10.4 Å². The number of ether oxygens (including phenoxy) is 1. The lowest BCUT2D eigenvalue weighted by Gasteiger charge is -2.35. The van der Waals surface area contributed by atoms with E-state index in [0.29, 0.717) is 6.54 Å². The van der Waals surface area contributed by atoms with Gasteiger partial charge in [0, 0.05) is 30.9 Å². The summed E-state index contributed by atoms with van der Waals surface area (Å²) in [5, 5.41) is 4.17. The molecule has 30 heavy (non-hydrogen) atoms. The van der Waals surface area contributed by atoms with Gasteiger partial charge in [0.2, 0.25) is 5.91 Å². The first-order chi connectivity index (χ1) is 14.4. The van der Waals surface area contributed by atoms with Gasteiger partial charge in [-0.2, -0.15) is 0 Å². The minimum absolute atomic E-state index is 0.164. The summed E-state index contributed by atoms with van der Waals surface area (Å²) in [7, 11) is 0. The van der Waals surface area contributed by atoms with Gasteiger partial charge in [0.05, 0.1) is 29.3 Å². The van der Waals surface area contributed by atoms with Crippen molar-refractivity contribution in [1.29, 1.82) is 0 Å².